The molecule has 0 aliphatic carbocycles. The third-order valence-electron chi connectivity index (χ3n) is 5.05. The van der Waals surface area contributed by atoms with Crippen LogP contribution in [-0.4, -0.2) is 49.3 Å². The lowest BCUT2D eigenvalue weighted by Crippen LogP contribution is -2.49. The van der Waals surface area contributed by atoms with Crippen LogP contribution in [0.15, 0.2) is 53.1 Å². The van der Waals surface area contributed by atoms with Crippen molar-refractivity contribution in [3.8, 4) is 17.0 Å². The molecule has 2 aromatic carbocycles. The van der Waals surface area contributed by atoms with E-state index < -0.39 is 0 Å². The number of nitrogens with two attached hydrogens (primary N) is 1. The number of hydrogen-bond acceptors (Lipinski definition) is 6. The van der Waals surface area contributed by atoms with Gasteiger partial charge in [-0.1, -0.05) is 41.0 Å². The Bertz CT molecular complexity index is 1030. The predicted octanol–water partition coefficient (Wildman–Crippen LogP) is 3.55. The van der Waals surface area contributed by atoms with E-state index >= 15 is 0 Å². The number of ether oxygens (including phenoxy) is 1. The van der Waals surface area contributed by atoms with Gasteiger partial charge in [-0.15, -0.1) is 0 Å². The normalized spacial score (nSPS) is 14.1. The molecule has 0 spiro atoms. The molecule has 29 heavy (non-hydrogen) atoms. The van der Waals surface area contributed by atoms with Gasteiger partial charge >= 0.3 is 0 Å². The van der Waals surface area contributed by atoms with Crippen molar-refractivity contribution in [3.05, 3.63) is 59.1 Å². The fourth-order valence-electron chi connectivity index (χ4n) is 3.48. The number of nitrogens with zero attached hydrogens (tertiary/aromatic N) is 3. The topological polar surface area (TPSA) is 84.8 Å². The van der Waals surface area contributed by atoms with Crippen LogP contribution in [0.4, 0.5) is 11.6 Å². The average Bonchev–Trinajstić information content (AvgIpc) is 3.15. The van der Waals surface area contributed by atoms with Crippen LogP contribution in [0.1, 0.15) is 10.4 Å². The van der Waals surface area contributed by atoms with Gasteiger partial charge in [-0.25, -0.2) is 0 Å². The minimum absolute atomic E-state index is 0.000134. The largest absolute Gasteiger partial charge is 0.497 e. The van der Waals surface area contributed by atoms with E-state index in [1.807, 2.05) is 36.4 Å². The van der Waals surface area contributed by atoms with Gasteiger partial charge in [0.05, 0.1) is 12.1 Å². The quantitative estimate of drug-likeness (QED) is 0.705. The second-order valence-electron chi connectivity index (χ2n) is 6.73. The molecular formula is C21H21ClN4O3. The van der Waals surface area contributed by atoms with Gasteiger partial charge in [0.2, 0.25) is 5.88 Å². The zero-order chi connectivity index (χ0) is 20.4. The summed E-state index contributed by atoms with van der Waals surface area (Å²) in [6.45, 7) is 2.52. The molecule has 0 bridgehead atoms. The van der Waals surface area contributed by atoms with Crippen LogP contribution in [0.2, 0.25) is 5.02 Å². The van der Waals surface area contributed by atoms with E-state index in [-0.39, 0.29) is 17.4 Å². The first-order valence-corrected chi connectivity index (χ1v) is 9.64. The molecule has 8 heteroatoms. The number of rotatable bonds is 4. The van der Waals surface area contributed by atoms with Gasteiger partial charge in [0.1, 0.15) is 17.0 Å². The van der Waals surface area contributed by atoms with Gasteiger partial charge < -0.3 is 24.8 Å². The van der Waals surface area contributed by atoms with Crippen LogP contribution < -0.4 is 15.4 Å². The number of nitrogen functional groups attached to an aromatic ring is 1. The summed E-state index contributed by atoms with van der Waals surface area (Å²) < 4.78 is 10.4. The molecule has 0 radical (unpaired) electrons. The molecule has 1 amide bonds. The van der Waals surface area contributed by atoms with E-state index in [2.05, 4.69) is 10.1 Å². The molecule has 1 saturated heterocycles. The maximum absolute atomic E-state index is 13.2. The zero-order valence-corrected chi connectivity index (χ0v) is 16.7. The standard InChI is InChI=1S/C21H21ClN4O3/c1-28-15-6-4-5-14(13-15)25-9-11-26(12-10-25)21(27)18-19(24-29-20(18)23)16-7-2-3-8-17(16)22/h2-8,13H,9-12,23H2,1H3. The summed E-state index contributed by atoms with van der Waals surface area (Å²) in [7, 11) is 1.65. The van der Waals surface area contributed by atoms with E-state index in [0.29, 0.717) is 42.5 Å². The number of anilines is 2. The summed E-state index contributed by atoms with van der Waals surface area (Å²) in [5.41, 5.74) is 8.25. The Kier molecular flexibility index (Phi) is 5.31. The van der Waals surface area contributed by atoms with E-state index in [1.165, 1.54) is 0 Å². The van der Waals surface area contributed by atoms with Crippen molar-refractivity contribution in [2.75, 3.05) is 43.9 Å². The number of benzene rings is 2. The lowest BCUT2D eigenvalue weighted by atomic mass is 10.1. The van der Waals surface area contributed by atoms with Crippen LogP contribution in [0.5, 0.6) is 5.75 Å². The molecule has 0 atom stereocenters. The fraction of sp³-hybridized carbons (Fsp3) is 0.238. The fourth-order valence-corrected chi connectivity index (χ4v) is 3.70. The van der Waals surface area contributed by atoms with Crippen LogP contribution in [0.3, 0.4) is 0 Å². The first kappa shape index (κ1) is 19.1. The summed E-state index contributed by atoms with van der Waals surface area (Å²) in [6.07, 6.45) is 0. The van der Waals surface area contributed by atoms with Crippen LogP contribution in [0.25, 0.3) is 11.3 Å². The molecule has 2 heterocycles. The first-order chi connectivity index (χ1) is 14.1. The molecule has 0 unspecified atom stereocenters. The van der Waals surface area contributed by atoms with Crippen LogP contribution in [0, 0.1) is 0 Å². The number of piperazine rings is 1. The third-order valence-corrected chi connectivity index (χ3v) is 5.38. The Balaban J connectivity index is 1.52. The number of carbonyl (C=O) groups excluding carboxylic acids is 1. The second kappa shape index (κ2) is 8.05. The Morgan fingerprint density at radius 2 is 1.90 bits per heavy atom. The van der Waals surface area contributed by atoms with Gasteiger partial charge in [0.15, 0.2) is 0 Å². The second-order valence-corrected chi connectivity index (χ2v) is 7.14. The molecule has 4 rings (SSSR count). The lowest BCUT2D eigenvalue weighted by Gasteiger charge is -2.36. The molecule has 7 nitrogen and oxygen atoms in total. The molecule has 2 N–H and O–H groups in total. The summed E-state index contributed by atoms with van der Waals surface area (Å²) in [6, 6.07) is 15.1. The third kappa shape index (κ3) is 3.73. The van der Waals surface area contributed by atoms with Crippen molar-refractivity contribution in [1.82, 2.24) is 10.1 Å². The molecule has 150 valence electrons. The van der Waals surface area contributed by atoms with Crippen molar-refractivity contribution in [3.63, 3.8) is 0 Å². The maximum atomic E-state index is 13.2. The summed E-state index contributed by atoms with van der Waals surface area (Å²) in [5, 5.41) is 4.47. The molecule has 1 aliphatic heterocycles. The maximum Gasteiger partial charge on any atom is 0.261 e. The van der Waals surface area contributed by atoms with Crippen LogP contribution in [-0.2, 0) is 0 Å². The molecule has 3 aromatic rings. The summed E-state index contributed by atoms with van der Waals surface area (Å²) in [4.78, 5) is 17.2. The minimum Gasteiger partial charge on any atom is -0.497 e. The highest BCUT2D eigenvalue weighted by atomic mass is 35.5. The van der Waals surface area contributed by atoms with E-state index in [9.17, 15) is 4.79 Å². The highest BCUT2D eigenvalue weighted by molar-refractivity contribution is 6.33. The monoisotopic (exact) mass is 412 g/mol. The van der Waals surface area contributed by atoms with Crippen LogP contribution >= 0.6 is 11.6 Å². The van der Waals surface area contributed by atoms with Gasteiger partial charge in [-0.3, -0.25) is 4.79 Å². The van der Waals surface area contributed by atoms with Gasteiger partial charge in [-0.05, 0) is 18.2 Å². The van der Waals surface area contributed by atoms with E-state index in [1.54, 1.807) is 24.1 Å². The Labute approximate surface area is 173 Å². The van der Waals surface area contributed by atoms with Gasteiger partial charge in [0, 0.05) is 43.5 Å². The van der Waals surface area contributed by atoms with Crippen molar-refractivity contribution in [2.45, 2.75) is 0 Å². The number of amides is 1. The SMILES string of the molecule is COc1cccc(N2CCN(C(=O)c3c(-c4ccccc4Cl)noc3N)CC2)c1. The first-order valence-electron chi connectivity index (χ1n) is 9.27. The number of methoxy groups -OCH3 is 1. The number of aromatic nitrogens is 1. The minimum atomic E-state index is -0.205. The van der Waals surface area contributed by atoms with Crippen molar-refractivity contribution in [1.29, 1.82) is 0 Å². The van der Waals surface area contributed by atoms with E-state index in [0.717, 1.165) is 11.4 Å². The average molecular weight is 413 g/mol. The summed E-state index contributed by atoms with van der Waals surface area (Å²) in [5.74, 6) is 0.603. The predicted molar refractivity (Wildman–Crippen MR) is 112 cm³/mol. The molecule has 0 saturated carbocycles. The smallest absolute Gasteiger partial charge is 0.261 e. The number of halogens is 1. The lowest BCUT2D eigenvalue weighted by molar-refractivity contribution is 0.0748. The molecular weight excluding hydrogens is 392 g/mol. The zero-order valence-electron chi connectivity index (χ0n) is 16.0. The van der Waals surface area contributed by atoms with Crippen molar-refractivity contribution in [2.24, 2.45) is 0 Å². The Hall–Kier alpha value is -3.19. The number of hydrogen-bond donors (Lipinski definition) is 1. The highest BCUT2D eigenvalue weighted by Crippen LogP contribution is 2.33. The van der Waals surface area contributed by atoms with E-state index in [4.69, 9.17) is 26.6 Å². The van der Waals surface area contributed by atoms with Gasteiger partial charge in [-0.2, -0.15) is 0 Å². The van der Waals surface area contributed by atoms with Gasteiger partial charge in [0.25, 0.3) is 5.91 Å². The highest BCUT2D eigenvalue weighted by Gasteiger charge is 2.30. The number of carbonyl (C=O) groups is 1. The Morgan fingerprint density at radius 1 is 1.14 bits per heavy atom. The molecule has 1 fully saturated rings. The summed E-state index contributed by atoms with van der Waals surface area (Å²) >= 11 is 6.28. The van der Waals surface area contributed by atoms with Crippen molar-refractivity contribution >= 4 is 29.1 Å². The molecule has 1 aliphatic rings. The van der Waals surface area contributed by atoms with Crippen molar-refractivity contribution < 1.29 is 14.1 Å². The Morgan fingerprint density at radius 3 is 2.62 bits per heavy atom. The molecule has 1 aromatic heterocycles.